The Kier molecular flexibility index (Phi) is 10.2. The van der Waals surface area contributed by atoms with Gasteiger partial charge in [0.2, 0.25) is 0 Å². The van der Waals surface area contributed by atoms with Crippen LogP contribution in [-0.2, 0) is 4.79 Å². The number of hydrogen-bond donors (Lipinski definition) is 0. The summed E-state index contributed by atoms with van der Waals surface area (Å²) in [6.45, 7) is 2.26. The van der Waals surface area contributed by atoms with E-state index in [0.717, 1.165) is 12.7 Å². The Morgan fingerprint density at radius 1 is 1.11 bits per heavy atom. The van der Waals surface area contributed by atoms with Crippen molar-refractivity contribution in [3.8, 4) is 0 Å². The standard InChI is InChI=1S/C15H28OS2/c1-2-3-4-5-6-7-9-14(10-11-16)15-17-12-8-13-18-15/h11,14-15H,2-10,12-13H2,1H3. The third kappa shape index (κ3) is 7.08. The zero-order valence-corrected chi connectivity index (χ0v) is 13.4. The smallest absolute Gasteiger partial charge is 0.120 e. The molecule has 1 saturated heterocycles. The van der Waals surface area contributed by atoms with Crippen molar-refractivity contribution in [2.24, 2.45) is 5.92 Å². The minimum Gasteiger partial charge on any atom is -0.303 e. The molecule has 1 fully saturated rings. The van der Waals surface area contributed by atoms with Gasteiger partial charge < -0.3 is 4.79 Å². The van der Waals surface area contributed by atoms with E-state index < -0.39 is 0 Å². The molecule has 0 N–H and O–H groups in total. The molecule has 0 saturated carbocycles. The van der Waals surface area contributed by atoms with E-state index in [-0.39, 0.29) is 0 Å². The fourth-order valence-corrected chi connectivity index (χ4v) is 5.72. The van der Waals surface area contributed by atoms with Gasteiger partial charge in [-0.1, -0.05) is 45.4 Å². The fourth-order valence-electron chi connectivity index (χ4n) is 2.45. The van der Waals surface area contributed by atoms with Gasteiger partial charge in [0.25, 0.3) is 0 Å². The summed E-state index contributed by atoms with van der Waals surface area (Å²) in [5.41, 5.74) is 0. The molecule has 3 heteroatoms. The predicted octanol–water partition coefficient (Wildman–Crippen LogP) is 5.14. The zero-order chi connectivity index (χ0) is 13.1. The van der Waals surface area contributed by atoms with Crippen LogP contribution in [0.3, 0.4) is 0 Å². The molecular weight excluding hydrogens is 260 g/mol. The van der Waals surface area contributed by atoms with Crippen molar-refractivity contribution < 1.29 is 4.79 Å². The largest absolute Gasteiger partial charge is 0.303 e. The van der Waals surface area contributed by atoms with Crippen molar-refractivity contribution in [2.45, 2.75) is 69.3 Å². The second kappa shape index (κ2) is 11.2. The van der Waals surface area contributed by atoms with Gasteiger partial charge in [-0.15, -0.1) is 23.5 Å². The van der Waals surface area contributed by atoms with E-state index in [4.69, 9.17) is 0 Å². The van der Waals surface area contributed by atoms with Crippen LogP contribution in [0.2, 0.25) is 0 Å². The first-order chi connectivity index (χ1) is 8.88. The van der Waals surface area contributed by atoms with Gasteiger partial charge >= 0.3 is 0 Å². The summed E-state index contributed by atoms with van der Waals surface area (Å²) in [5.74, 6) is 3.22. The van der Waals surface area contributed by atoms with Crippen molar-refractivity contribution in [3.05, 3.63) is 0 Å². The second-order valence-electron chi connectivity index (χ2n) is 5.18. The number of rotatable bonds is 10. The van der Waals surface area contributed by atoms with Gasteiger partial charge in [-0.3, -0.25) is 0 Å². The third-order valence-corrected chi connectivity index (χ3v) is 6.86. The lowest BCUT2D eigenvalue weighted by atomic mass is 9.99. The van der Waals surface area contributed by atoms with E-state index in [0.29, 0.717) is 10.5 Å². The van der Waals surface area contributed by atoms with Gasteiger partial charge in [0.15, 0.2) is 0 Å². The molecule has 1 aliphatic heterocycles. The number of aldehydes is 1. The Labute approximate surface area is 121 Å². The molecule has 0 bridgehead atoms. The van der Waals surface area contributed by atoms with E-state index in [9.17, 15) is 4.79 Å². The normalized spacial score (nSPS) is 18.7. The molecule has 0 spiro atoms. The van der Waals surface area contributed by atoms with E-state index in [1.807, 2.05) is 0 Å². The summed E-state index contributed by atoms with van der Waals surface area (Å²) in [6, 6.07) is 0. The van der Waals surface area contributed by atoms with E-state index in [1.54, 1.807) is 0 Å². The van der Waals surface area contributed by atoms with Crippen molar-refractivity contribution in [3.63, 3.8) is 0 Å². The average Bonchev–Trinajstić information content (AvgIpc) is 2.42. The summed E-state index contributed by atoms with van der Waals surface area (Å²) in [5, 5.41) is 0. The SMILES string of the molecule is CCCCCCCCC(CC=O)C1SCCCS1. The Balaban J connectivity index is 2.14. The first kappa shape index (κ1) is 16.4. The number of unbranched alkanes of at least 4 members (excludes halogenated alkanes) is 5. The molecular formula is C15H28OS2. The van der Waals surface area contributed by atoms with Crippen LogP contribution in [-0.4, -0.2) is 22.4 Å². The summed E-state index contributed by atoms with van der Waals surface area (Å²) in [6.07, 6.45) is 12.7. The highest BCUT2D eigenvalue weighted by Crippen LogP contribution is 2.39. The molecule has 1 aliphatic rings. The molecule has 18 heavy (non-hydrogen) atoms. The van der Waals surface area contributed by atoms with Gasteiger partial charge in [-0.2, -0.15) is 0 Å². The molecule has 0 aliphatic carbocycles. The second-order valence-corrected chi connectivity index (χ2v) is 7.98. The molecule has 1 unspecified atom stereocenters. The molecule has 1 nitrogen and oxygen atoms in total. The minimum atomic E-state index is 0.629. The Hall–Kier alpha value is 0.370. The fraction of sp³-hybridized carbons (Fsp3) is 0.933. The first-order valence-electron chi connectivity index (χ1n) is 7.55. The summed E-state index contributed by atoms with van der Waals surface area (Å²) >= 11 is 4.17. The van der Waals surface area contributed by atoms with Gasteiger partial charge in [0.1, 0.15) is 6.29 Å². The summed E-state index contributed by atoms with van der Waals surface area (Å²) in [4.78, 5) is 10.8. The van der Waals surface area contributed by atoms with Crippen LogP contribution < -0.4 is 0 Å². The number of carbonyl (C=O) groups is 1. The van der Waals surface area contributed by atoms with Crippen molar-refractivity contribution in [2.75, 3.05) is 11.5 Å². The van der Waals surface area contributed by atoms with E-state index in [1.165, 1.54) is 62.9 Å². The van der Waals surface area contributed by atoms with Crippen LogP contribution in [0, 0.1) is 5.92 Å². The number of carbonyl (C=O) groups excluding carboxylic acids is 1. The van der Waals surface area contributed by atoms with Crippen molar-refractivity contribution >= 4 is 29.8 Å². The number of thioether (sulfide) groups is 2. The molecule has 0 aromatic heterocycles. The zero-order valence-electron chi connectivity index (χ0n) is 11.7. The monoisotopic (exact) mass is 288 g/mol. The van der Waals surface area contributed by atoms with E-state index in [2.05, 4.69) is 30.4 Å². The molecule has 1 atom stereocenters. The summed E-state index contributed by atoms with van der Waals surface area (Å²) < 4.78 is 0.694. The first-order valence-corrected chi connectivity index (χ1v) is 9.65. The van der Waals surface area contributed by atoms with E-state index >= 15 is 0 Å². The lowest BCUT2D eigenvalue weighted by molar-refractivity contribution is -0.108. The minimum absolute atomic E-state index is 0.629. The highest BCUT2D eigenvalue weighted by molar-refractivity contribution is 8.17. The maximum atomic E-state index is 10.8. The highest BCUT2D eigenvalue weighted by Gasteiger charge is 2.23. The van der Waals surface area contributed by atoms with Crippen LogP contribution in [0.25, 0.3) is 0 Å². The molecule has 0 radical (unpaired) electrons. The molecule has 0 aromatic carbocycles. The summed E-state index contributed by atoms with van der Waals surface area (Å²) in [7, 11) is 0. The maximum Gasteiger partial charge on any atom is 0.120 e. The quantitative estimate of drug-likeness (QED) is 0.409. The third-order valence-electron chi connectivity index (χ3n) is 3.57. The van der Waals surface area contributed by atoms with Crippen LogP contribution in [0.4, 0.5) is 0 Å². The lowest BCUT2D eigenvalue weighted by Gasteiger charge is -2.28. The molecule has 0 aromatic rings. The number of hydrogen-bond acceptors (Lipinski definition) is 3. The van der Waals surface area contributed by atoms with Gasteiger partial charge in [-0.25, -0.2) is 0 Å². The highest BCUT2D eigenvalue weighted by atomic mass is 32.2. The van der Waals surface area contributed by atoms with Gasteiger partial charge in [0.05, 0.1) is 4.58 Å². The molecule has 1 rings (SSSR count). The van der Waals surface area contributed by atoms with Crippen LogP contribution in [0.15, 0.2) is 0 Å². The topological polar surface area (TPSA) is 17.1 Å². The van der Waals surface area contributed by atoms with Crippen molar-refractivity contribution in [1.29, 1.82) is 0 Å². The Morgan fingerprint density at radius 2 is 1.78 bits per heavy atom. The van der Waals surface area contributed by atoms with Gasteiger partial charge in [0, 0.05) is 6.42 Å². The van der Waals surface area contributed by atoms with Crippen molar-refractivity contribution in [1.82, 2.24) is 0 Å². The molecule has 0 amide bonds. The van der Waals surface area contributed by atoms with Crippen LogP contribution in [0.1, 0.15) is 64.7 Å². The molecule has 106 valence electrons. The van der Waals surface area contributed by atoms with Crippen LogP contribution in [0.5, 0.6) is 0 Å². The Bertz CT molecular complexity index is 203. The predicted molar refractivity (Wildman–Crippen MR) is 85.5 cm³/mol. The molecule has 1 heterocycles. The van der Waals surface area contributed by atoms with Gasteiger partial charge in [-0.05, 0) is 30.3 Å². The lowest BCUT2D eigenvalue weighted by Crippen LogP contribution is -2.19. The maximum absolute atomic E-state index is 10.8. The Morgan fingerprint density at radius 3 is 2.44 bits per heavy atom. The van der Waals surface area contributed by atoms with Crippen LogP contribution >= 0.6 is 23.5 Å². The average molecular weight is 289 g/mol.